The number of para-hydroxylation sites is 2. The first-order chi connectivity index (χ1) is 12.3. The summed E-state index contributed by atoms with van der Waals surface area (Å²) in [6, 6.07) is 18.4. The third kappa shape index (κ3) is 4.34. The molecule has 3 rings (SSSR count). The van der Waals surface area contributed by atoms with Crippen LogP contribution in [0.1, 0.15) is 13.8 Å². The zero-order valence-corrected chi connectivity index (χ0v) is 15.4. The number of rotatable bonds is 6. The maximum atomic E-state index is 5.79. The molecule has 1 aliphatic rings. The van der Waals surface area contributed by atoms with Gasteiger partial charge in [0.05, 0.1) is 23.0 Å². The van der Waals surface area contributed by atoms with E-state index in [4.69, 9.17) is 4.74 Å². The van der Waals surface area contributed by atoms with E-state index >= 15 is 0 Å². The molecule has 0 aliphatic carbocycles. The van der Waals surface area contributed by atoms with Crippen molar-refractivity contribution in [3.05, 3.63) is 77.5 Å². The topological polar surface area (TPSA) is 24.8 Å². The van der Waals surface area contributed by atoms with Gasteiger partial charge in [0.25, 0.3) is 0 Å². The number of allylic oxidation sites excluding steroid dienone is 2. The number of hydrogen-bond acceptors (Lipinski definition) is 4. The number of thioether (sulfide) groups is 1. The zero-order valence-electron chi connectivity index (χ0n) is 14.6. The van der Waals surface area contributed by atoms with E-state index in [1.54, 1.807) is 18.0 Å². The fourth-order valence-electron chi connectivity index (χ4n) is 2.62. The van der Waals surface area contributed by atoms with Crippen molar-refractivity contribution in [2.24, 2.45) is 4.99 Å². The SMILES string of the molecule is CCOC(=C\C=Nc1ccccc1)/C=C1/Sc2ccccc2N1CC. The van der Waals surface area contributed by atoms with Crippen LogP contribution in [0.2, 0.25) is 0 Å². The van der Waals surface area contributed by atoms with Crippen LogP contribution in [0.4, 0.5) is 11.4 Å². The van der Waals surface area contributed by atoms with Crippen molar-refractivity contribution in [2.75, 3.05) is 18.1 Å². The summed E-state index contributed by atoms with van der Waals surface area (Å²) in [5, 5.41) is 1.18. The van der Waals surface area contributed by atoms with Crippen LogP contribution >= 0.6 is 11.8 Å². The van der Waals surface area contributed by atoms with E-state index in [9.17, 15) is 0 Å². The quantitative estimate of drug-likeness (QED) is 0.487. The Morgan fingerprint density at radius 3 is 2.60 bits per heavy atom. The van der Waals surface area contributed by atoms with Gasteiger partial charge in [-0.3, -0.25) is 4.99 Å². The van der Waals surface area contributed by atoms with Crippen molar-refractivity contribution in [1.29, 1.82) is 0 Å². The minimum absolute atomic E-state index is 0.624. The van der Waals surface area contributed by atoms with Gasteiger partial charge >= 0.3 is 0 Å². The van der Waals surface area contributed by atoms with Gasteiger partial charge < -0.3 is 9.64 Å². The fourth-order valence-corrected chi connectivity index (χ4v) is 3.79. The summed E-state index contributed by atoms with van der Waals surface area (Å²) in [6.45, 7) is 5.71. The second-order valence-corrected chi connectivity index (χ2v) is 6.47. The molecule has 0 N–H and O–H groups in total. The lowest BCUT2D eigenvalue weighted by Gasteiger charge is -2.18. The average molecular weight is 350 g/mol. The van der Waals surface area contributed by atoms with Gasteiger partial charge in [-0.1, -0.05) is 42.1 Å². The molecule has 2 aromatic rings. The molecular formula is C21H22N2OS. The molecule has 0 saturated carbocycles. The zero-order chi connectivity index (χ0) is 17.5. The molecule has 1 aliphatic heterocycles. The summed E-state index contributed by atoms with van der Waals surface area (Å²) < 4.78 is 5.79. The Hall–Kier alpha value is -2.46. The van der Waals surface area contributed by atoms with Gasteiger partial charge in [-0.25, -0.2) is 0 Å². The average Bonchev–Trinajstić information content (AvgIpc) is 2.99. The smallest absolute Gasteiger partial charge is 0.123 e. The lowest BCUT2D eigenvalue weighted by atomic mass is 10.3. The molecule has 2 aromatic carbocycles. The Bertz CT molecular complexity index is 797. The minimum atomic E-state index is 0.624. The number of nitrogens with zero attached hydrogens (tertiary/aromatic N) is 2. The monoisotopic (exact) mass is 350 g/mol. The molecule has 0 bridgehead atoms. The molecule has 0 unspecified atom stereocenters. The number of aliphatic imine (C=N–C) groups is 1. The summed E-state index contributed by atoms with van der Waals surface area (Å²) in [7, 11) is 0. The van der Waals surface area contributed by atoms with Crippen LogP contribution in [0.25, 0.3) is 0 Å². The van der Waals surface area contributed by atoms with Gasteiger partial charge in [0, 0.05) is 23.7 Å². The van der Waals surface area contributed by atoms with Gasteiger partial charge in [0.15, 0.2) is 0 Å². The first-order valence-electron chi connectivity index (χ1n) is 8.50. The van der Waals surface area contributed by atoms with Crippen LogP contribution in [0.3, 0.4) is 0 Å². The predicted molar refractivity (Wildman–Crippen MR) is 108 cm³/mol. The summed E-state index contributed by atoms with van der Waals surface area (Å²) in [5.74, 6) is 0.816. The maximum absolute atomic E-state index is 5.79. The second kappa shape index (κ2) is 8.58. The molecule has 128 valence electrons. The lowest BCUT2D eigenvalue weighted by molar-refractivity contribution is 0.243. The Balaban J connectivity index is 1.82. The minimum Gasteiger partial charge on any atom is -0.494 e. The summed E-state index contributed by atoms with van der Waals surface area (Å²) in [5.41, 5.74) is 2.19. The predicted octanol–water partition coefficient (Wildman–Crippen LogP) is 5.78. The number of hydrogen-bond donors (Lipinski definition) is 0. The second-order valence-electron chi connectivity index (χ2n) is 5.41. The van der Waals surface area contributed by atoms with Crippen molar-refractivity contribution in [3.63, 3.8) is 0 Å². The molecule has 0 atom stereocenters. The van der Waals surface area contributed by atoms with Crippen LogP contribution < -0.4 is 4.90 Å². The largest absolute Gasteiger partial charge is 0.494 e. The van der Waals surface area contributed by atoms with Crippen LogP contribution in [-0.4, -0.2) is 19.4 Å². The van der Waals surface area contributed by atoms with Crippen molar-refractivity contribution < 1.29 is 4.74 Å². The highest BCUT2D eigenvalue weighted by Crippen LogP contribution is 2.45. The normalized spacial score (nSPS) is 15.8. The molecule has 4 heteroatoms. The molecule has 25 heavy (non-hydrogen) atoms. The van der Waals surface area contributed by atoms with E-state index in [0.717, 1.165) is 18.0 Å². The highest BCUT2D eigenvalue weighted by molar-refractivity contribution is 8.03. The van der Waals surface area contributed by atoms with Crippen molar-refractivity contribution in [2.45, 2.75) is 18.7 Å². The molecule has 0 radical (unpaired) electrons. The highest BCUT2D eigenvalue weighted by Gasteiger charge is 2.23. The molecule has 0 amide bonds. The molecule has 0 aromatic heterocycles. The maximum Gasteiger partial charge on any atom is 0.123 e. The first kappa shape index (κ1) is 17.4. The van der Waals surface area contributed by atoms with E-state index in [-0.39, 0.29) is 0 Å². The van der Waals surface area contributed by atoms with E-state index in [2.05, 4.69) is 47.2 Å². The first-order valence-corrected chi connectivity index (χ1v) is 9.31. The van der Waals surface area contributed by atoms with Crippen LogP contribution in [0.15, 0.2) is 87.4 Å². The molecule has 1 heterocycles. The van der Waals surface area contributed by atoms with Gasteiger partial charge in [-0.05, 0) is 44.2 Å². The van der Waals surface area contributed by atoms with E-state index < -0.39 is 0 Å². The number of benzene rings is 2. The third-order valence-corrected chi connectivity index (χ3v) is 4.86. The Morgan fingerprint density at radius 2 is 1.84 bits per heavy atom. The van der Waals surface area contributed by atoms with Crippen LogP contribution in [0, 0.1) is 0 Å². The van der Waals surface area contributed by atoms with Crippen molar-refractivity contribution >= 4 is 29.4 Å². The lowest BCUT2D eigenvalue weighted by Crippen LogP contribution is -2.16. The van der Waals surface area contributed by atoms with Gasteiger partial charge in [-0.15, -0.1) is 0 Å². The third-order valence-electron chi connectivity index (χ3n) is 3.75. The molecular weight excluding hydrogens is 328 g/mol. The van der Waals surface area contributed by atoms with Crippen molar-refractivity contribution in [3.8, 4) is 0 Å². The molecule has 0 fully saturated rings. The highest BCUT2D eigenvalue weighted by atomic mass is 32.2. The Morgan fingerprint density at radius 1 is 1.08 bits per heavy atom. The summed E-state index contributed by atoms with van der Waals surface area (Å²) in [4.78, 5) is 8.04. The summed E-state index contributed by atoms with van der Waals surface area (Å²) >= 11 is 1.77. The summed E-state index contributed by atoms with van der Waals surface area (Å²) in [6.07, 6.45) is 5.80. The van der Waals surface area contributed by atoms with Gasteiger partial charge in [-0.2, -0.15) is 0 Å². The van der Waals surface area contributed by atoms with Crippen LogP contribution in [-0.2, 0) is 4.74 Å². The fraction of sp³-hybridized carbons (Fsp3) is 0.190. The molecule has 0 saturated heterocycles. The molecule has 0 spiro atoms. The van der Waals surface area contributed by atoms with E-state index in [1.165, 1.54) is 15.6 Å². The Kier molecular flexibility index (Phi) is 5.96. The number of fused-ring (bicyclic) bond motifs is 1. The number of anilines is 1. The number of ether oxygens (including phenoxy) is 1. The van der Waals surface area contributed by atoms with Gasteiger partial charge in [0.2, 0.25) is 0 Å². The van der Waals surface area contributed by atoms with E-state index in [1.807, 2.05) is 43.3 Å². The van der Waals surface area contributed by atoms with Gasteiger partial charge in [0.1, 0.15) is 5.76 Å². The van der Waals surface area contributed by atoms with Crippen LogP contribution in [0.5, 0.6) is 0 Å². The Labute approximate surface area is 153 Å². The standard InChI is InChI=1S/C21H22N2OS/c1-3-23-19-12-8-9-13-20(19)25-21(23)16-18(24-4-2)14-15-22-17-10-6-5-7-11-17/h5-16H,3-4H2,1-2H3/b18-14-,21-16+,22-15?. The molecule has 3 nitrogen and oxygen atoms in total. The van der Waals surface area contributed by atoms with Crippen molar-refractivity contribution in [1.82, 2.24) is 0 Å². The van der Waals surface area contributed by atoms with E-state index in [0.29, 0.717) is 6.61 Å².